The molecule has 7 aromatic carbocycles. The van der Waals surface area contributed by atoms with Gasteiger partial charge in [0.25, 0.3) is 0 Å². The van der Waals surface area contributed by atoms with Crippen LogP contribution in [0, 0.1) is 0 Å². The van der Waals surface area contributed by atoms with Crippen LogP contribution in [0.2, 0.25) is 0 Å². The number of fused-ring (bicyclic) bond motifs is 6. The van der Waals surface area contributed by atoms with E-state index in [1.165, 1.54) is 77.6 Å². The fourth-order valence-corrected chi connectivity index (χ4v) is 7.00. The Morgan fingerprint density at radius 2 is 0.977 bits per heavy atom. The first-order valence-electron chi connectivity index (χ1n) is 14.9. The van der Waals surface area contributed by atoms with Gasteiger partial charge in [-0.2, -0.15) is 0 Å². The minimum absolute atomic E-state index is 0.917. The highest BCUT2D eigenvalue weighted by molar-refractivity contribution is 6.09. The summed E-state index contributed by atoms with van der Waals surface area (Å²) in [5.41, 5.74) is 12.5. The maximum Gasteiger partial charge on any atom is 0.0541 e. The monoisotopic (exact) mass is 548 g/mol. The van der Waals surface area contributed by atoms with Crippen LogP contribution in [0.5, 0.6) is 0 Å². The van der Waals surface area contributed by atoms with Crippen LogP contribution >= 0.6 is 0 Å². The predicted molar refractivity (Wildman–Crippen MR) is 181 cm³/mol. The molecule has 1 aromatic heterocycles. The van der Waals surface area contributed by atoms with E-state index in [1.54, 1.807) is 0 Å². The van der Waals surface area contributed by atoms with Crippen molar-refractivity contribution in [1.82, 2.24) is 4.57 Å². The van der Waals surface area contributed by atoms with E-state index in [1.807, 2.05) is 0 Å². The minimum atomic E-state index is 0.917. The summed E-state index contributed by atoms with van der Waals surface area (Å²) in [6, 6.07) is 57.5. The van der Waals surface area contributed by atoms with E-state index in [0.717, 1.165) is 6.42 Å². The van der Waals surface area contributed by atoms with Crippen molar-refractivity contribution in [3.8, 4) is 16.8 Å². The third-order valence-electron chi connectivity index (χ3n) is 8.98. The Balaban J connectivity index is 1.15. The van der Waals surface area contributed by atoms with Gasteiger partial charge in [0.2, 0.25) is 0 Å². The molecule has 0 saturated carbocycles. The second-order valence-electron chi connectivity index (χ2n) is 11.4. The van der Waals surface area contributed by atoms with E-state index in [-0.39, 0.29) is 0 Å². The van der Waals surface area contributed by atoms with Gasteiger partial charge in [-0.25, -0.2) is 0 Å². The fraction of sp³-hybridized carbons (Fsp3) is 0.0244. The highest BCUT2D eigenvalue weighted by Crippen LogP contribution is 2.46. The zero-order valence-corrected chi connectivity index (χ0v) is 23.6. The second kappa shape index (κ2) is 9.47. The summed E-state index contributed by atoms with van der Waals surface area (Å²) in [6.07, 6.45) is 0.917. The lowest BCUT2D eigenvalue weighted by Gasteiger charge is -2.34. The number of benzene rings is 7. The maximum absolute atomic E-state index is 2.45. The summed E-state index contributed by atoms with van der Waals surface area (Å²) in [4.78, 5) is 2.45. The highest BCUT2D eigenvalue weighted by Gasteiger charge is 2.25. The van der Waals surface area contributed by atoms with Gasteiger partial charge in [0.05, 0.1) is 16.7 Å². The topological polar surface area (TPSA) is 8.17 Å². The molecule has 2 heterocycles. The summed E-state index contributed by atoms with van der Waals surface area (Å²) in [6.45, 7) is 0. The Hall–Kier alpha value is -5.60. The van der Waals surface area contributed by atoms with Crippen LogP contribution in [0.4, 0.5) is 17.1 Å². The lowest BCUT2D eigenvalue weighted by molar-refractivity contribution is 1.09. The molecular formula is C41H28N2. The van der Waals surface area contributed by atoms with Gasteiger partial charge in [-0.05, 0) is 76.2 Å². The van der Waals surface area contributed by atoms with Crippen LogP contribution in [0.15, 0.2) is 158 Å². The summed E-state index contributed by atoms with van der Waals surface area (Å²) >= 11 is 0. The largest absolute Gasteiger partial charge is 0.309 e. The number of hydrogen-bond donors (Lipinski definition) is 0. The highest BCUT2D eigenvalue weighted by atomic mass is 15.2. The molecule has 0 saturated heterocycles. The molecule has 0 amide bonds. The first-order chi connectivity index (χ1) is 21.3. The summed E-state index contributed by atoms with van der Waals surface area (Å²) in [5, 5.41) is 5.09. The van der Waals surface area contributed by atoms with E-state index in [2.05, 4.69) is 167 Å². The third-order valence-corrected chi connectivity index (χ3v) is 8.98. The Kier molecular flexibility index (Phi) is 5.30. The van der Waals surface area contributed by atoms with E-state index in [0.29, 0.717) is 0 Å². The number of hydrogen-bond acceptors (Lipinski definition) is 1. The first-order valence-corrected chi connectivity index (χ1v) is 14.9. The molecule has 43 heavy (non-hydrogen) atoms. The summed E-state index contributed by atoms with van der Waals surface area (Å²) in [7, 11) is 0. The lowest BCUT2D eigenvalue weighted by atomic mass is 9.91. The molecule has 0 spiro atoms. The van der Waals surface area contributed by atoms with Crippen LogP contribution in [-0.4, -0.2) is 4.57 Å². The second-order valence-corrected chi connectivity index (χ2v) is 11.4. The van der Waals surface area contributed by atoms with Crippen molar-refractivity contribution in [2.24, 2.45) is 0 Å². The van der Waals surface area contributed by atoms with Crippen molar-refractivity contribution in [2.75, 3.05) is 4.90 Å². The molecule has 0 aliphatic carbocycles. The smallest absolute Gasteiger partial charge is 0.0541 e. The molecule has 0 N–H and O–H groups in total. The average molecular weight is 549 g/mol. The standard InChI is InChI=1S/C41H28N2/c1-3-13-34-29(10-1)12-9-19-39(34)43-37-16-6-2-11-31(37)27-32-26-30(22-25-38(32)43)28-20-23-33(24-21-28)42-40-17-7-4-14-35(40)36-15-5-8-18-41(36)42/h1-26H,27H2. The van der Waals surface area contributed by atoms with Crippen LogP contribution in [0.25, 0.3) is 49.4 Å². The van der Waals surface area contributed by atoms with E-state index in [4.69, 9.17) is 0 Å². The molecule has 8 aromatic rings. The molecule has 1 aliphatic rings. The van der Waals surface area contributed by atoms with Gasteiger partial charge in [-0.3, -0.25) is 0 Å². The SMILES string of the molecule is c1ccc2c(c1)Cc1cc(-c3ccc(-n4c5ccccc5c5ccccc54)cc3)ccc1N2c1cccc2ccccc12. The molecule has 0 bridgehead atoms. The molecule has 2 heteroatoms. The van der Waals surface area contributed by atoms with Gasteiger partial charge >= 0.3 is 0 Å². The molecule has 0 atom stereocenters. The number of nitrogens with zero attached hydrogens (tertiary/aromatic N) is 2. The van der Waals surface area contributed by atoms with Crippen LogP contribution in [0.1, 0.15) is 11.1 Å². The molecule has 0 fully saturated rings. The van der Waals surface area contributed by atoms with Gasteiger partial charge < -0.3 is 9.47 Å². The summed E-state index contributed by atoms with van der Waals surface area (Å²) < 4.78 is 2.38. The molecule has 0 radical (unpaired) electrons. The molecular weight excluding hydrogens is 520 g/mol. The molecule has 1 aliphatic heterocycles. The Labute approximate surface area is 250 Å². The first kappa shape index (κ1) is 24.0. The lowest BCUT2D eigenvalue weighted by Crippen LogP contribution is -2.18. The van der Waals surface area contributed by atoms with Crippen LogP contribution in [-0.2, 0) is 6.42 Å². The molecule has 202 valence electrons. The van der Waals surface area contributed by atoms with Crippen molar-refractivity contribution in [3.05, 3.63) is 169 Å². The van der Waals surface area contributed by atoms with E-state index >= 15 is 0 Å². The van der Waals surface area contributed by atoms with Crippen molar-refractivity contribution in [1.29, 1.82) is 0 Å². The number of rotatable bonds is 3. The maximum atomic E-state index is 2.45. The number of para-hydroxylation sites is 3. The Morgan fingerprint density at radius 3 is 1.77 bits per heavy atom. The minimum Gasteiger partial charge on any atom is -0.309 e. The van der Waals surface area contributed by atoms with Crippen molar-refractivity contribution in [3.63, 3.8) is 0 Å². The van der Waals surface area contributed by atoms with E-state index < -0.39 is 0 Å². The van der Waals surface area contributed by atoms with Crippen molar-refractivity contribution >= 4 is 49.6 Å². The fourth-order valence-electron chi connectivity index (χ4n) is 7.00. The molecule has 9 rings (SSSR count). The zero-order chi connectivity index (χ0) is 28.3. The Bertz CT molecular complexity index is 2270. The Morgan fingerprint density at radius 1 is 0.395 bits per heavy atom. The van der Waals surface area contributed by atoms with Crippen LogP contribution in [0.3, 0.4) is 0 Å². The van der Waals surface area contributed by atoms with E-state index in [9.17, 15) is 0 Å². The van der Waals surface area contributed by atoms with Crippen LogP contribution < -0.4 is 4.90 Å². The predicted octanol–water partition coefficient (Wildman–Crippen LogP) is 11.0. The third kappa shape index (κ3) is 3.73. The van der Waals surface area contributed by atoms with Gasteiger partial charge in [-0.1, -0.05) is 109 Å². The van der Waals surface area contributed by atoms with Crippen molar-refractivity contribution in [2.45, 2.75) is 6.42 Å². The van der Waals surface area contributed by atoms with Gasteiger partial charge in [0.1, 0.15) is 0 Å². The number of aromatic nitrogens is 1. The summed E-state index contributed by atoms with van der Waals surface area (Å²) in [5.74, 6) is 0. The number of anilines is 3. The van der Waals surface area contributed by atoms with Gasteiger partial charge in [0, 0.05) is 39.6 Å². The normalized spacial score (nSPS) is 12.5. The molecule has 0 unspecified atom stereocenters. The molecule has 2 nitrogen and oxygen atoms in total. The zero-order valence-electron chi connectivity index (χ0n) is 23.6. The van der Waals surface area contributed by atoms with Crippen molar-refractivity contribution < 1.29 is 0 Å². The average Bonchev–Trinajstić information content (AvgIpc) is 3.41. The van der Waals surface area contributed by atoms with Gasteiger partial charge in [0.15, 0.2) is 0 Å². The van der Waals surface area contributed by atoms with Gasteiger partial charge in [-0.15, -0.1) is 0 Å². The quantitative estimate of drug-likeness (QED) is 0.213.